The van der Waals surface area contributed by atoms with Crippen molar-refractivity contribution in [3.8, 4) is 5.75 Å². The van der Waals surface area contributed by atoms with Crippen molar-refractivity contribution in [1.82, 2.24) is 0 Å². The van der Waals surface area contributed by atoms with Gasteiger partial charge in [-0.2, -0.15) is 0 Å². The molecule has 0 spiro atoms. The summed E-state index contributed by atoms with van der Waals surface area (Å²) >= 11 is 0. The Balaban J connectivity index is 1.75. The molecule has 2 aromatic rings. The van der Waals surface area contributed by atoms with Crippen LogP contribution in [-0.4, -0.2) is 25.0 Å². The van der Waals surface area contributed by atoms with Crippen LogP contribution in [0.3, 0.4) is 0 Å². The summed E-state index contributed by atoms with van der Waals surface area (Å²) in [5.41, 5.74) is 1.28. The van der Waals surface area contributed by atoms with Crippen molar-refractivity contribution in [3.05, 3.63) is 48.4 Å². The molecule has 6 heteroatoms. The van der Waals surface area contributed by atoms with E-state index in [0.29, 0.717) is 29.4 Å². The number of fused-ring (bicyclic) bond motifs is 1. The van der Waals surface area contributed by atoms with Crippen LogP contribution in [0.25, 0.3) is 6.08 Å². The minimum absolute atomic E-state index is 0.0462. The third kappa shape index (κ3) is 3.48. The van der Waals surface area contributed by atoms with Gasteiger partial charge in [0.15, 0.2) is 6.61 Å². The highest BCUT2D eigenvalue weighted by Crippen LogP contribution is 2.34. The molecule has 1 aliphatic rings. The van der Waals surface area contributed by atoms with Crippen molar-refractivity contribution in [2.75, 3.05) is 23.4 Å². The first-order valence-corrected chi connectivity index (χ1v) is 7.77. The molecule has 0 radical (unpaired) electrons. The molecule has 1 aliphatic heterocycles. The van der Waals surface area contributed by atoms with E-state index >= 15 is 0 Å². The number of nitrogens with zero attached hydrogens (tertiary/aromatic N) is 1. The second-order valence-corrected chi connectivity index (χ2v) is 5.35. The lowest BCUT2D eigenvalue weighted by atomic mass is 10.2. The van der Waals surface area contributed by atoms with Crippen LogP contribution in [-0.2, 0) is 9.59 Å². The molecule has 3 rings (SSSR count). The lowest BCUT2D eigenvalue weighted by molar-refractivity contribution is -0.121. The first-order chi connectivity index (χ1) is 11.7. The summed E-state index contributed by atoms with van der Waals surface area (Å²) in [4.78, 5) is 25.7. The molecule has 0 fully saturated rings. The summed E-state index contributed by atoms with van der Waals surface area (Å²) in [6.07, 6.45) is 5.36. The van der Waals surface area contributed by atoms with Gasteiger partial charge in [-0.1, -0.05) is 6.92 Å². The van der Waals surface area contributed by atoms with Crippen LogP contribution in [0.15, 0.2) is 47.1 Å². The number of hydrogen-bond donors (Lipinski definition) is 1. The molecule has 2 amide bonds. The average Bonchev–Trinajstić information content (AvgIpc) is 3.09. The Morgan fingerprint density at radius 1 is 1.38 bits per heavy atom. The summed E-state index contributed by atoms with van der Waals surface area (Å²) in [7, 11) is 0. The van der Waals surface area contributed by atoms with Gasteiger partial charge in [-0.3, -0.25) is 9.59 Å². The number of ether oxygens (including phenoxy) is 1. The van der Waals surface area contributed by atoms with Gasteiger partial charge in [0.25, 0.3) is 5.91 Å². The molecular weight excluding hydrogens is 308 g/mol. The fourth-order valence-corrected chi connectivity index (χ4v) is 2.48. The zero-order valence-electron chi connectivity index (χ0n) is 13.3. The highest BCUT2D eigenvalue weighted by molar-refractivity contribution is 6.03. The number of amides is 2. The maximum absolute atomic E-state index is 12.0. The molecule has 0 saturated heterocycles. The fraction of sp³-hybridized carbons (Fsp3) is 0.222. The molecule has 0 bridgehead atoms. The molecule has 24 heavy (non-hydrogen) atoms. The minimum atomic E-state index is -0.281. The van der Waals surface area contributed by atoms with Gasteiger partial charge >= 0.3 is 0 Å². The van der Waals surface area contributed by atoms with Gasteiger partial charge in [0.05, 0.1) is 12.0 Å². The van der Waals surface area contributed by atoms with E-state index in [2.05, 4.69) is 5.32 Å². The summed E-state index contributed by atoms with van der Waals surface area (Å²) < 4.78 is 10.6. The Kier molecular flexibility index (Phi) is 4.65. The highest BCUT2D eigenvalue weighted by atomic mass is 16.5. The number of hydrogen-bond acceptors (Lipinski definition) is 4. The van der Waals surface area contributed by atoms with Gasteiger partial charge in [0.2, 0.25) is 5.91 Å². The van der Waals surface area contributed by atoms with E-state index in [9.17, 15) is 9.59 Å². The first kappa shape index (κ1) is 15.9. The molecule has 6 nitrogen and oxygen atoms in total. The van der Waals surface area contributed by atoms with Gasteiger partial charge in [-0.15, -0.1) is 0 Å². The zero-order valence-corrected chi connectivity index (χ0v) is 13.3. The maximum atomic E-state index is 12.0. The molecule has 0 atom stereocenters. The van der Waals surface area contributed by atoms with E-state index in [1.807, 2.05) is 6.92 Å². The Hall–Kier alpha value is -3.02. The summed E-state index contributed by atoms with van der Waals surface area (Å²) in [5.74, 6) is 0.887. The van der Waals surface area contributed by atoms with Crippen LogP contribution in [0, 0.1) is 0 Å². The van der Waals surface area contributed by atoms with E-state index in [0.717, 1.165) is 6.42 Å². The summed E-state index contributed by atoms with van der Waals surface area (Å²) in [6.45, 7) is 2.67. The molecule has 0 saturated carbocycles. The normalized spacial score (nSPS) is 13.7. The van der Waals surface area contributed by atoms with Crippen LogP contribution in [0.2, 0.25) is 0 Å². The van der Waals surface area contributed by atoms with E-state index in [-0.39, 0.29) is 18.4 Å². The van der Waals surface area contributed by atoms with Gasteiger partial charge in [0.1, 0.15) is 11.5 Å². The number of furan rings is 1. The predicted molar refractivity (Wildman–Crippen MR) is 91.0 cm³/mol. The van der Waals surface area contributed by atoms with Crippen molar-refractivity contribution in [1.29, 1.82) is 0 Å². The average molecular weight is 326 g/mol. The smallest absolute Gasteiger partial charge is 0.265 e. The highest BCUT2D eigenvalue weighted by Gasteiger charge is 2.25. The molecule has 1 aromatic heterocycles. The van der Waals surface area contributed by atoms with Gasteiger partial charge in [0, 0.05) is 18.3 Å². The molecule has 1 aromatic carbocycles. The van der Waals surface area contributed by atoms with Crippen LogP contribution in [0.1, 0.15) is 19.1 Å². The van der Waals surface area contributed by atoms with Gasteiger partial charge in [-0.05, 0) is 42.8 Å². The number of anilines is 2. The Morgan fingerprint density at radius 3 is 3.00 bits per heavy atom. The standard InChI is InChI=1S/C18H18N2O4/c1-2-9-20-15-11-13(5-7-16(15)24-12-18(20)22)19-17(21)8-6-14-4-3-10-23-14/h3-8,10-11H,2,9,12H2,1H3,(H,19,21)/b8-6+. The van der Waals surface area contributed by atoms with Crippen molar-refractivity contribution < 1.29 is 18.7 Å². The van der Waals surface area contributed by atoms with Crippen LogP contribution in [0.5, 0.6) is 5.75 Å². The zero-order chi connectivity index (χ0) is 16.9. The van der Waals surface area contributed by atoms with Crippen molar-refractivity contribution in [2.45, 2.75) is 13.3 Å². The number of carbonyl (C=O) groups excluding carboxylic acids is 2. The topological polar surface area (TPSA) is 71.8 Å². The van der Waals surface area contributed by atoms with Gasteiger partial charge in [-0.25, -0.2) is 0 Å². The lowest BCUT2D eigenvalue weighted by Gasteiger charge is -2.29. The number of benzene rings is 1. The molecular formula is C18H18N2O4. The lowest BCUT2D eigenvalue weighted by Crippen LogP contribution is -2.39. The van der Waals surface area contributed by atoms with Crippen LogP contribution >= 0.6 is 0 Å². The van der Waals surface area contributed by atoms with Crippen molar-refractivity contribution in [2.24, 2.45) is 0 Å². The molecule has 0 aliphatic carbocycles. The third-order valence-electron chi connectivity index (χ3n) is 3.56. The molecule has 124 valence electrons. The molecule has 1 N–H and O–H groups in total. The van der Waals surface area contributed by atoms with E-state index in [1.165, 1.54) is 6.08 Å². The predicted octanol–water partition coefficient (Wildman–Crippen LogP) is 3.07. The van der Waals surface area contributed by atoms with Crippen molar-refractivity contribution in [3.63, 3.8) is 0 Å². The minimum Gasteiger partial charge on any atom is -0.482 e. The quantitative estimate of drug-likeness (QED) is 0.857. The number of nitrogens with one attached hydrogen (secondary N) is 1. The van der Waals surface area contributed by atoms with E-state index in [1.54, 1.807) is 47.6 Å². The van der Waals surface area contributed by atoms with E-state index in [4.69, 9.17) is 9.15 Å². The largest absolute Gasteiger partial charge is 0.482 e. The van der Waals surface area contributed by atoms with E-state index < -0.39 is 0 Å². The monoisotopic (exact) mass is 326 g/mol. The van der Waals surface area contributed by atoms with Crippen LogP contribution in [0.4, 0.5) is 11.4 Å². The maximum Gasteiger partial charge on any atom is 0.265 e. The second kappa shape index (κ2) is 7.04. The van der Waals surface area contributed by atoms with Crippen molar-refractivity contribution >= 4 is 29.3 Å². The number of carbonyl (C=O) groups is 2. The first-order valence-electron chi connectivity index (χ1n) is 7.77. The van der Waals surface area contributed by atoms with Crippen LogP contribution < -0.4 is 15.0 Å². The molecule has 2 heterocycles. The number of rotatable bonds is 5. The summed E-state index contributed by atoms with van der Waals surface area (Å²) in [5, 5.41) is 2.77. The Morgan fingerprint density at radius 2 is 2.25 bits per heavy atom. The Bertz CT molecular complexity index is 765. The Labute approximate surface area is 139 Å². The fourth-order valence-electron chi connectivity index (χ4n) is 2.48. The third-order valence-corrected chi connectivity index (χ3v) is 3.56. The molecule has 0 unspecified atom stereocenters. The SMILES string of the molecule is CCCN1C(=O)COc2ccc(NC(=O)/C=C/c3ccco3)cc21. The summed E-state index contributed by atoms with van der Waals surface area (Å²) in [6, 6.07) is 8.77. The van der Waals surface area contributed by atoms with Gasteiger partial charge < -0.3 is 19.4 Å². The second-order valence-electron chi connectivity index (χ2n) is 5.35.